The lowest BCUT2D eigenvalue weighted by Crippen LogP contribution is -2.31. The third-order valence-electron chi connectivity index (χ3n) is 2.46. The first-order valence-electron chi connectivity index (χ1n) is 4.72. The maximum absolute atomic E-state index is 10.7. The van der Waals surface area contributed by atoms with Gasteiger partial charge >= 0.3 is 5.97 Å². The van der Waals surface area contributed by atoms with Crippen LogP contribution in [0.15, 0.2) is 12.1 Å². The molecule has 14 heavy (non-hydrogen) atoms. The maximum Gasteiger partial charge on any atom is 0.305 e. The fraction of sp³-hybridized carbons (Fsp3) is 0.545. The number of carboxylic acids is 1. The molecule has 0 bridgehead atoms. The Morgan fingerprint density at radius 1 is 1.36 bits per heavy atom. The van der Waals surface area contributed by atoms with Crippen LogP contribution in [0.5, 0.6) is 0 Å². The summed E-state index contributed by atoms with van der Waals surface area (Å²) in [6, 6.07) is 4.03. The summed E-state index contributed by atoms with van der Waals surface area (Å²) >= 11 is 0. The van der Waals surface area contributed by atoms with Crippen LogP contribution in [0, 0.1) is 13.8 Å². The largest absolute Gasteiger partial charge is 0.481 e. The lowest BCUT2D eigenvalue weighted by Gasteiger charge is -2.28. The summed E-state index contributed by atoms with van der Waals surface area (Å²) in [5.74, 6) is -0.762. The van der Waals surface area contributed by atoms with E-state index in [2.05, 4.69) is 4.57 Å². The summed E-state index contributed by atoms with van der Waals surface area (Å²) in [6.45, 7) is 7.88. The van der Waals surface area contributed by atoms with Crippen molar-refractivity contribution < 1.29 is 9.90 Å². The fourth-order valence-electron chi connectivity index (χ4n) is 2.07. The van der Waals surface area contributed by atoms with Gasteiger partial charge in [0.2, 0.25) is 0 Å². The zero-order chi connectivity index (χ0) is 10.9. The number of rotatable bonds is 3. The van der Waals surface area contributed by atoms with E-state index >= 15 is 0 Å². The Bertz CT molecular complexity index is 331. The summed E-state index contributed by atoms with van der Waals surface area (Å²) in [4.78, 5) is 10.7. The molecule has 0 aliphatic carbocycles. The second-order valence-corrected chi connectivity index (χ2v) is 4.33. The first-order chi connectivity index (χ1) is 6.34. The highest BCUT2D eigenvalue weighted by atomic mass is 16.4. The third kappa shape index (κ3) is 1.97. The van der Waals surface area contributed by atoms with E-state index in [-0.39, 0.29) is 12.0 Å². The Labute approximate surface area is 84.4 Å². The Morgan fingerprint density at radius 2 is 1.79 bits per heavy atom. The van der Waals surface area contributed by atoms with E-state index in [9.17, 15) is 4.79 Å². The Morgan fingerprint density at radius 3 is 2.14 bits per heavy atom. The predicted molar refractivity (Wildman–Crippen MR) is 55.5 cm³/mol. The van der Waals surface area contributed by atoms with Crippen LogP contribution in [-0.4, -0.2) is 15.6 Å². The SMILES string of the molecule is Cc1ccc(C)n1C(C)(C)CC(=O)O. The zero-order valence-electron chi connectivity index (χ0n) is 9.16. The van der Waals surface area contributed by atoms with Crippen LogP contribution < -0.4 is 0 Å². The molecule has 0 aliphatic heterocycles. The number of nitrogens with zero attached hydrogens (tertiary/aromatic N) is 1. The van der Waals surface area contributed by atoms with Crippen molar-refractivity contribution >= 4 is 5.97 Å². The van der Waals surface area contributed by atoms with Gasteiger partial charge in [-0.25, -0.2) is 0 Å². The standard InChI is InChI=1S/C11H17NO2/c1-8-5-6-9(2)12(8)11(3,4)7-10(13)14/h5-6H,7H2,1-4H3,(H,13,14). The number of hydrogen-bond donors (Lipinski definition) is 1. The van der Waals surface area contributed by atoms with Gasteiger partial charge in [-0.2, -0.15) is 0 Å². The van der Waals surface area contributed by atoms with Crippen molar-refractivity contribution in [3.63, 3.8) is 0 Å². The molecule has 0 aliphatic rings. The molecule has 1 aromatic rings. The Kier molecular flexibility index (Phi) is 2.69. The summed E-state index contributed by atoms with van der Waals surface area (Å²) in [7, 11) is 0. The number of carbonyl (C=O) groups is 1. The molecular weight excluding hydrogens is 178 g/mol. The second-order valence-electron chi connectivity index (χ2n) is 4.33. The van der Waals surface area contributed by atoms with Crippen LogP contribution in [0.1, 0.15) is 31.7 Å². The topological polar surface area (TPSA) is 42.2 Å². The fourth-order valence-corrected chi connectivity index (χ4v) is 2.07. The number of aliphatic carboxylic acids is 1. The van der Waals surface area contributed by atoms with Crippen molar-refractivity contribution in [2.24, 2.45) is 0 Å². The highest BCUT2D eigenvalue weighted by molar-refractivity contribution is 5.68. The van der Waals surface area contributed by atoms with Gasteiger partial charge in [0.25, 0.3) is 0 Å². The third-order valence-corrected chi connectivity index (χ3v) is 2.46. The van der Waals surface area contributed by atoms with Crippen LogP contribution >= 0.6 is 0 Å². The van der Waals surface area contributed by atoms with Crippen molar-refractivity contribution in [1.82, 2.24) is 4.57 Å². The number of aromatic nitrogens is 1. The predicted octanol–water partition coefficient (Wildman–Crippen LogP) is 2.31. The molecule has 1 rings (SSSR count). The van der Waals surface area contributed by atoms with E-state index in [1.807, 2.05) is 39.8 Å². The molecule has 1 N–H and O–H groups in total. The average molecular weight is 195 g/mol. The normalized spacial score (nSPS) is 11.7. The molecule has 1 heterocycles. The number of hydrogen-bond acceptors (Lipinski definition) is 1. The number of aryl methyl sites for hydroxylation is 2. The highest BCUT2D eigenvalue weighted by Crippen LogP contribution is 2.24. The van der Waals surface area contributed by atoms with Crippen molar-refractivity contribution in [1.29, 1.82) is 0 Å². The molecule has 0 amide bonds. The van der Waals surface area contributed by atoms with Crippen LogP contribution in [0.4, 0.5) is 0 Å². The van der Waals surface area contributed by atoms with Crippen molar-refractivity contribution in [3.05, 3.63) is 23.5 Å². The van der Waals surface area contributed by atoms with Gasteiger partial charge in [-0.1, -0.05) is 0 Å². The van der Waals surface area contributed by atoms with E-state index in [0.29, 0.717) is 0 Å². The summed E-state index contributed by atoms with van der Waals surface area (Å²) in [5, 5.41) is 8.82. The van der Waals surface area contributed by atoms with E-state index in [4.69, 9.17) is 5.11 Å². The second kappa shape index (κ2) is 3.48. The molecule has 0 spiro atoms. The van der Waals surface area contributed by atoms with Gasteiger partial charge in [-0.15, -0.1) is 0 Å². The Balaban J connectivity index is 3.08. The van der Waals surface area contributed by atoms with Crippen LogP contribution in [0.2, 0.25) is 0 Å². The molecule has 0 aromatic carbocycles. The van der Waals surface area contributed by atoms with E-state index < -0.39 is 5.97 Å². The van der Waals surface area contributed by atoms with Gasteiger partial charge in [-0.05, 0) is 39.8 Å². The smallest absolute Gasteiger partial charge is 0.305 e. The van der Waals surface area contributed by atoms with Gasteiger partial charge < -0.3 is 9.67 Å². The summed E-state index contributed by atoms with van der Waals surface area (Å²) in [6.07, 6.45) is 0.142. The van der Waals surface area contributed by atoms with E-state index in [1.54, 1.807) is 0 Å². The van der Waals surface area contributed by atoms with Crippen molar-refractivity contribution in [3.8, 4) is 0 Å². The van der Waals surface area contributed by atoms with Gasteiger partial charge in [0, 0.05) is 16.9 Å². The lowest BCUT2D eigenvalue weighted by atomic mass is 10.00. The van der Waals surface area contributed by atoms with Gasteiger partial charge in [0.05, 0.1) is 6.42 Å². The minimum absolute atomic E-state index is 0.142. The lowest BCUT2D eigenvalue weighted by molar-refractivity contribution is -0.139. The molecule has 78 valence electrons. The van der Waals surface area contributed by atoms with Crippen molar-refractivity contribution in [2.45, 2.75) is 39.7 Å². The molecule has 3 heteroatoms. The summed E-state index contributed by atoms with van der Waals surface area (Å²) < 4.78 is 2.07. The molecule has 1 aromatic heterocycles. The molecule has 3 nitrogen and oxygen atoms in total. The minimum atomic E-state index is -0.762. The average Bonchev–Trinajstić information content (AvgIpc) is 2.27. The monoisotopic (exact) mass is 195 g/mol. The molecule has 0 fully saturated rings. The molecule has 0 saturated heterocycles. The molecular formula is C11H17NO2. The number of carboxylic acid groups (broad SMARTS) is 1. The molecule has 0 radical (unpaired) electrons. The zero-order valence-corrected chi connectivity index (χ0v) is 9.16. The van der Waals surface area contributed by atoms with Crippen LogP contribution in [0.3, 0.4) is 0 Å². The molecule has 0 unspecified atom stereocenters. The van der Waals surface area contributed by atoms with Crippen LogP contribution in [0.25, 0.3) is 0 Å². The minimum Gasteiger partial charge on any atom is -0.481 e. The van der Waals surface area contributed by atoms with Crippen LogP contribution in [-0.2, 0) is 10.3 Å². The van der Waals surface area contributed by atoms with E-state index in [0.717, 1.165) is 11.4 Å². The molecule has 0 atom stereocenters. The summed E-state index contributed by atoms with van der Waals surface area (Å²) in [5.41, 5.74) is 1.85. The van der Waals surface area contributed by atoms with Gasteiger partial charge in [0.1, 0.15) is 0 Å². The first kappa shape index (κ1) is 10.8. The van der Waals surface area contributed by atoms with E-state index in [1.165, 1.54) is 0 Å². The highest BCUT2D eigenvalue weighted by Gasteiger charge is 2.25. The van der Waals surface area contributed by atoms with Gasteiger partial charge in [0.15, 0.2) is 0 Å². The molecule has 0 saturated carbocycles. The van der Waals surface area contributed by atoms with Crippen molar-refractivity contribution in [2.75, 3.05) is 0 Å². The Hall–Kier alpha value is -1.25. The maximum atomic E-state index is 10.7. The van der Waals surface area contributed by atoms with Gasteiger partial charge in [-0.3, -0.25) is 4.79 Å². The first-order valence-corrected chi connectivity index (χ1v) is 4.72. The quantitative estimate of drug-likeness (QED) is 0.804.